The number of nitrogens with one attached hydrogen (secondary N) is 2. The molecule has 2 N–H and O–H groups in total. The molecule has 3 rings (SSSR count). The topological polar surface area (TPSA) is 67.4 Å². The van der Waals surface area contributed by atoms with Gasteiger partial charge in [-0.05, 0) is 48.2 Å². The summed E-state index contributed by atoms with van der Waals surface area (Å²) >= 11 is 1.62. The lowest BCUT2D eigenvalue weighted by atomic mass is 10.1. The zero-order valence-corrected chi connectivity index (χ0v) is 16.4. The molecule has 0 aliphatic rings. The molecule has 0 radical (unpaired) electrons. The molecule has 2 amide bonds. The molecule has 6 heteroatoms. The number of para-hydroxylation sites is 1. The first-order valence-electron chi connectivity index (χ1n) is 9.01. The number of benzene rings is 2. The lowest BCUT2D eigenvalue weighted by Crippen LogP contribution is -2.30. The molecule has 0 saturated carbocycles. The van der Waals surface area contributed by atoms with Crippen LogP contribution in [0.15, 0.2) is 72.1 Å². The second-order valence-electron chi connectivity index (χ2n) is 6.29. The van der Waals surface area contributed by atoms with Crippen LogP contribution < -0.4 is 15.4 Å². The number of amides is 2. The SMILES string of the molecule is CC(Oc1ccccc1)C(=O)Nc1ccc(CC(=O)NCc2cccs2)cc1. The van der Waals surface area contributed by atoms with Crippen molar-refractivity contribution in [2.24, 2.45) is 0 Å². The van der Waals surface area contributed by atoms with Crippen LogP contribution in [0.4, 0.5) is 5.69 Å². The molecule has 1 aromatic heterocycles. The third kappa shape index (κ3) is 5.96. The minimum atomic E-state index is -0.620. The van der Waals surface area contributed by atoms with Crippen molar-refractivity contribution in [2.45, 2.75) is 26.0 Å². The van der Waals surface area contributed by atoms with E-state index in [0.29, 0.717) is 24.4 Å². The van der Waals surface area contributed by atoms with Gasteiger partial charge in [-0.1, -0.05) is 36.4 Å². The van der Waals surface area contributed by atoms with Crippen LogP contribution in [0.1, 0.15) is 17.4 Å². The van der Waals surface area contributed by atoms with Crippen molar-refractivity contribution in [2.75, 3.05) is 5.32 Å². The van der Waals surface area contributed by atoms with E-state index in [1.807, 2.05) is 60.0 Å². The molecule has 2 aromatic carbocycles. The van der Waals surface area contributed by atoms with Crippen molar-refractivity contribution >= 4 is 28.8 Å². The molecular formula is C22H22N2O3S. The molecule has 1 atom stereocenters. The van der Waals surface area contributed by atoms with Crippen molar-refractivity contribution in [3.63, 3.8) is 0 Å². The number of rotatable bonds is 8. The molecule has 5 nitrogen and oxygen atoms in total. The fraction of sp³-hybridized carbons (Fsp3) is 0.182. The van der Waals surface area contributed by atoms with Crippen LogP contribution in [0.2, 0.25) is 0 Å². The van der Waals surface area contributed by atoms with Crippen molar-refractivity contribution in [3.8, 4) is 5.75 Å². The Kier molecular flexibility index (Phi) is 6.81. The summed E-state index contributed by atoms with van der Waals surface area (Å²) in [5.74, 6) is 0.384. The molecule has 0 aliphatic heterocycles. The maximum Gasteiger partial charge on any atom is 0.265 e. The number of hydrogen-bond acceptors (Lipinski definition) is 4. The van der Waals surface area contributed by atoms with Gasteiger partial charge in [-0.15, -0.1) is 11.3 Å². The molecular weight excluding hydrogens is 372 g/mol. The molecule has 0 spiro atoms. The van der Waals surface area contributed by atoms with Crippen LogP contribution in [0, 0.1) is 0 Å². The summed E-state index contributed by atoms with van der Waals surface area (Å²) in [5, 5.41) is 7.71. The maximum atomic E-state index is 12.3. The van der Waals surface area contributed by atoms with Gasteiger partial charge in [-0.25, -0.2) is 0 Å². The van der Waals surface area contributed by atoms with Gasteiger partial charge in [0.1, 0.15) is 5.75 Å². The summed E-state index contributed by atoms with van der Waals surface area (Å²) in [6.45, 7) is 2.25. The third-order valence-electron chi connectivity index (χ3n) is 4.05. The van der Waals surface area contributed by atoms with E-state index in [1.165, 1.54) is 0 Å². The Morgan fingerprint density at radius 1 is 1.00 bits per heavy atom. The highest BCUT2D eigenvalue weighted by Crippen LogP contribution is 2.14. The van der Waals surface area contributed by atoms with Crippen LogP contribution in [-0.4, -0.2) is 17.9 Å². The summed E-state index contributed by atoms with van der Waals surface area (Å²) in [7, 11) is 0. The Morgan fingerprint density at radius 2 is 1.75 bits per heavy atom. The van der Waals surface area contributed by atoms with Crippen LogP contribution in [0.3, 0.4) is 0 Å². The highest BCUT2D eigenvalue weighted by molar-refractivity contribution is 7.09. The summed E-state index contributed by atoms with van der Waals surface area (Å²) in [6, 6.07) is 20.4. The summed E-state index contributed by atoms with van der Waals surface area (Å²) in [5.41, 5.74) is 1.55. The van der Waals surface area contributed by atoms with Gasteiger partial charge in [0, 0.05) is 10.6 Å². The van der Waals surface area contributed by atoms with Gasteiger partial charge >= 0.3 is 0 Å². The first-order valence-corrected chi connectivity index (χ1v) is 9.89. The van der Waals surface area contributed by atoms with Crippen LogP contribution in [0.5, 0.6) is 5.75 Å². The normalized spacial score (nSPS) is 11.5. The molecule has 0 fully saturated rings. The first-order chi connectivity index (χ1) is 13.6. The standard InChI is InChI=1S/C22H22N2O3S/c1-16(27-19-6-3-2-4-7-19)22(26)24-18-11-9-17(10-12-18)14-21(25)23-15-20-8-5-13-28-20/h2-13,16H,14-15H2,1H3,(H,23,25)(H,24,26). The van der Waals surface area contributed by atoms with Crippen LogP contribution in [-0.2, 0) is 22.6 Å². The predicted molar refractivity (Wildman–Crippen MR) is 111 cm³/mol. The fourth-order valence-corrected chi connectivity index (χ4v) is 3.20. The van der Waals surface area contributed by atoms with Crippen molar-refractivity contribution < 1.29 is 14.3 Å². The Hall–Kier alpha value is -3.12. The molecule has 0 bridgehead atoms. The number of hydrogen-bond donors (Lipinski definition) is 2. The number of thiophene rings is 1. The largest absolute Gasteiger partial charge is 0.481 e. The number of carbonyl (C=O) groups is 2. The fourth-order valence-electron chi connectivity index (χ4n) is 2.55. The Balaban J connectivity index is 1.46. The lowest BCUT2D eigenvalue weighted by molar-refractivity contribution is -0.122. The highest BCUT2D eigenvalue weighted by atomic mass is 32.1. The van der Waals surface area contributed by atoms with Crippen LogP contribution in [0.25, 0.3) is 0 Å². The quantitative estimate of drug-likeness (QED) is 0.607. The van der Waals surface area contributed by atoms with Gasteiger partial charge in [0.2, 0.25) is 5.91 Å². The van der Waals surface area contributed by atoms with Gasteiger partial charge in [0.15, 0.2) is 6.10 Å². The smallest absolute Gasteiger partial charge is 0.265 e. The zero-order chi connectivity index (χ0) is 19.8. The van der Waals surface area contributed by atoms with Crippen molar-refractivity contribution in [1.82, 2.24) is 5.32 Å². The Bertz CT molecular complexity index is 893. The van der Waals surface area contributed by atoms with E-state index in [-0.39, 0.29) is 11.8 Å². The van der Waals surface area contributed by atoms with E-state index >= 15 is 0 Å². The van der Waals surface area contributed by atoms with Gasteiger partial charge in [0.05, 0.1) is 13.0 Å². The first kappa shape index (κ1) is 19.6. The van der Waals surface area contributed by atoms with E-state index in [0.717, 1.165) is 10.4 Å². The molecule has 3 aromatic rings. The van der Waals surface area contributed by atoms with E-state index < -0.39 is 6.10 Å². The van der Waals surface area contributed by atoms with Crippen molar-refractivity contribution in [1.29, 1.82) is 0 Å². The van der Waals surface area contributed by atoms with Gasteiger partial charge in [0.25, 0.3) is 5.91 Å². The monoisotopic (exact) mass is 394 g/mol. The van der Waals surface area contributed by atoms with E-state index in [9.17, 15) is 9.59 Å². The Morgan fingerprint density at radius 3 is 2.43 bits per heavy atom. The third-order valence-corrected chi connectivity index (χ3v) is 4.93. The Labute approximate surface area is 168 Å². The molecule has 0 saturated heterocycles. The minimum Gasteiger partial charge on any atom is -0.481 e. The average molecular weight is 394 g/mol. The number of ether oxygens (including phenoxy) is 1. The maximum absolute atomic E-state index is 12.3. The van der Waals surface area contributed by atoms with E-state index in [4.69, 9.17) is 4.74 Å². The number of carbonyl (C=O) groups excluding carboxylic acids is 2. The van der Waals surface area contributed by atoms with Gasteiger partial charge in [-0.3, -0.25) is 9.59 Å². The number of anilines is 1. The summed E-state index contributed by atoms with van der Waals surface area (Å²) in [4.78, 5) is 25.4. The second kappa shape index (κ2) is 9.71. The predicted octanol–water partition coefficient (Wildman–Crippen LogP) is 4.01. The minimum absolute atomic E-state index is 0.0323. The van der Waals surface area contributed by atoms with Gasteiger partial charge in [-0.2, -0.15) is 0 Å². The van der Waals surface area contributed by atoms with Gasteiger partial charge < -0.3 is 15.4 Å². The second-order valence-corrected chi connectivity index (χ2v) is 7.32. The molecule has 0 aliphatic carbocycles. The highest BCUT2D eigenvalue weighted by Gasteiger charge is 2.14. The lowest BCUT2D eigenvalue weighted by Gasteiger charge is -2.15. The van der Waals surface area contributed by atoms with Crippen LogP contribution >= 0.6 is 11.3 Å². The molecule has 1 unspecified atom stereocenters. The molecule has 1 heterocycles. The average Bonchev–Trinajstić information content (AvgIpc) is 3.22. The molecule has 144 valence electrons. The van der Waals surface area contributed by atoms with E-state index in [2.05, 4.69) is 10.6 Å². The van der Waals surface area contributed by atoms with Crippen molar-refractivity contribution in [3.05, 3.63) is 82.6 Å². The molecule has 28 heavy (non-hydrogen) atoms. The zero-order valence-electron chi connectivity index (χ0n) is 15.6. The summed E-state index contributed by atoms with van der Waals surface area (Å²) in [6.07, 6.45) is -0.322. The van der Waals surface area contributed by atoms with E-state index in [1.54, 1.807) is 30.4 Å². The summed E-state index contributed by atoms with van der Waals surface area (Å²) < 4.78 is 5.62.